The summed E-state index contributed by atoms with van der Waals surface area (Å²) in [4.78, 5) is 53.8. The zero-order valence-corrected chi connectivity index (χ0v) is 24.9. The maximum absolute atomic E-state index is 13.1. The van der Waals surface area contributed by atoms with Crippen LogP contribution in [0.3, 0.4) is 0 Å². The molecule has 2 aliphatic rings. The molecule has 4 aromatic rings. The highest BCUT2D eigenvalue weighted by atomic mass is 16.4. The van der Waals surface area contributed by atoms with Crippen LogP contribution in [-0.4, -0.2) is 68.8 Å². The average Bonchev–Trinajstić information content (AvgIpc) is 3.84. The molecule has 2 saturated heterocycles. The Morgan fingerprint density at radius 2 is 1.20 bits per heavy atom. The second-order valence-electron chi connectivity index (χ2n) is 11.3. The lowest BCUT2D eigenvalue weighted by atomic mass is 10.1. The molecule has 0 saturated carbocycles. The van der Waals surface area contributed by atoms with Gasteiger partial charge in [-0.2, -0.15) is 0 Å². The van der Waals surface area contributed by atoms with Crippen molar-refractivity contribution in [1.82, 2.24) is 20.0 Å². The molecule has 230 valence electrons. The van der Waals surface area contributed by atoms with Crippen LogP contribution in [-0.2, 0) is 25.6 Å². The third kappa shape index (κ3) is 6.77. The minimum atomic E-state index is -0.503. The van der Waals surface area contributed by atoms with Gasteiger partial charge in [0.05, 0.1) is 6.42 Å². The molecule has 0 aliphatic carbocycles. The predicted octanol–water partition coefficient (Wildman–Crippen LogP) is 4.53. The summed E-state index contributed by atoms with van der Waals surface area (Å²) in [5, 5.41) is 14.2. The molecule has 3 heterocycles. The smallest absolute Gasteiger partial charge is 0.248 e. The first-order valence-corrected chi connectivity index (χ1v) is 15.1. The van der Waals surface area contributed by atoms with Crippen LogP contribution in [0.5, 0.6) is 0 Å². The van der Waals surface area contributed by atoms with E-state index in [1.165, 1.54) is 6.92 Å². The van der Waals surface area contributed by atoms with Crippen molar-refractivity contribution in [2.24, 2.45) is 0 Å². The fourth-order valence-corrected chi connectivity index (χ4v) is 5.93. The van der Waals surface area contributed by atoms with Crippen LogP contribution in [0.25, 0.3) is 22.9 Å². The standard InChI is InChI=1S/C34H34N6O5/c1-22(41)39-19-5-9-28(39)31(43)35-26-15-11-24(12-16-26)33-37-38-34(45-33)25-13-17-27(18-14-25)36-32(44)29-10-6-20-40(29)30(42)21-23-7-3-2-4-8-23/h2-4,7-8,11-18,28-29H,5-6,9-10,19-21H2,1H3,(H,35,43)(H,36,44)/t28-,29-/m0/s1. The number of carbonyl (C=O) groups excluding carboxylic acids is 4. The van der Waals surface area contributed by atoms with Gasteiger partial charge in [0.1, 0.15) is 12.1 Å². The molecule has 0 spiro atoms. The monoisotopic (exact) mass is 606 g/mol. The van der Waals surface area contributed by atoms with E-state index in [9.17, 15) is 19.2 Å². The number of benzene rings is 3. The Morgan fingerprint density at radius 1 is 0.711 bits per heavy atom. The molecule has 6 rings (SSSR count). The molecule has 1 aromatic heterocycles. The average molecular weight is 607 g/mol. The summed E-state index contributed by atoms with van der Waals surface area (Å²) in [6.07, 6.45) is 3.14. The van der Waals surface area contributed by atoms with E-state index < -0.39 is 12.1 Å². The topological polar surface area (TPSA) is 138 Å². The molecule has 11 heteroatoms. The lowest BCUT2D eigenvalue weighted by Crippen LogP contribution is -2.43. The van der Waals surface area contributed by atoms with E-state index in [0.717, 1.165) is 18.4 Å². The van der Waals surface area contributed by atoms with Crippen molar-refractivity contribution in [3.05, 3.63) is 84.4 Å². The third-order valence-electron chi connectivity index (χ3n) is 8.26. The van der Waals surface area contributed by atoms with E-state index in [2.05, 4.69) is 20.8 Å². The van der Waals surface area contributed by atoms with Crippen molar-refractivity contribution in [3.8, 4) is 22.9 Å². The summed E-state index contributed by atoms with van der Waals surface area (Å²) in [7, 11) is 0. The summed E-state index contributed by atoms with van der Waals surface area (Å²) in [5.74, 6) is 0.0800. The zero-order valence-electron chi connectivity index (χ0n) is 24.9. The van der Waals surface area contributed by atoms with E-state index in [1.54, 1.807) is 58.3 Å². The van der Waals surface area contributed by atoms with Crippen LogP contribution in [0.1, 0.15) is 38.2 Å². The minimum absolute atomic E-state index is 0.0501. The first kappa shape index (κ1) is 29.7. The van der Waals surface area contributed by atoms with Crippen LogP contribution in [0.15, 0.2) is 83.3 Å². The van der Waals surface area contributed by atoms with Gasteiger partial charge in [-0.05, 0) is 79.8 Å². The van der Waals surface area contributed by atoms with Crippen molar-refractivity contribution < 1.29 is 23.6 Å². The number of nitrogens with zero attached hydrogens (tertiary/aromatic N) is 4. The van der Waals surface area contributed by atoms with Gasteiger partial charge in [-0.3, -0.25) is 19.2 Å². The van der Waals surface area contributed by atoms with Gasteiger partial charge in [0.2, 0.25) is 35.4 Å². The van der Waals surface area contributed by atoms with Gasteiger partial charge in [-0.25, -0.2) is 0 Å². The minimum Gasteiger partial charge on any atom is -0.416 e. The number of carbonyl (C=O) groups is 4. The lowest BCUT2D eigenvalue weighted by molar-refractivity contribution is -0.136. The molecule has 2 aliphatic heterocycles. The SMILES string of the molecule is CC(=O)N1CCC[C@H]1C(=O)Nc1ccc(-c2nnc(-c3ccc(NC(=O)[C@@H]4CCCN4C(=O)Cc4ccccc4)cc3)o2)cc1. The second-order valence-corrected chi connectivity index (χ2v) is 11.3. The van der Waals surface area contributed by atoms with Crippen molar-refractivity contribution in [1.29, 1.82) is 0 Å². The molecule has 0 radical (unpaired) electrons. The van der Waals surface area contributed by atoms with E-state index in [4.69, 9.17) is 4.42 Å². The molecule has 0 unspecified atom stereocenters. The van der Waals surface area contributed by atoms with E-state index >= 15 is 0 Å². The molecule has 45 heavy (non-hydrogen) atoms. The Labute approximate surface area is 260 Å². The highest BCUT2D eigenvalue weighted by molar-refractivity contribution is 5.98. The van der Waals surface area contributed by atoms with Crippen LogP contribution in [0, 0.1) is 0 Å². The fraction of sp³-hybridized carbons (Fsp3) is 0.294. The number of amides is 4. The molecular weight excluding hydrogens is 572 g/mol. The first-order chi connectivity index (χ1) is 21.9. The van der Waals surface area contributed by atoms with Gasteiger partial charge in [-0.15, -0.1) is 10.2 Å². The zero-order chi connectivity index (χ0) is 31.3. The Balaban J connectivity index is 1.05. The summed E-state index contributed by atoms with van der Waals surface area (Å²) < 4.78 is 5.90. The van der Waals surface area contributed by atoms with Gasteiger partial charge in [0, 0.05) is 42.5 Å². The van der Waals surface area contributed by atoms with Crippen molar-refractivity contribution in [2.75, 3.05) is 23.7 Å². The van der Waals surface area contributed by atoms with Crippen LogP contribution in [0.4, 0.5) is 11.4 Å². The summed E-state index contributed by atoms with van der Waals surface area (Å²) in [6, 6.07) is 22.7. The number of hydrogen-bond donors (Lipinski definition) is 2. The Kier molecular flexibility index (Phi) is 8.68. The molecular formula is C34H34N6O5. The van der Waals surface area contributed by atoms with Gasteiger partial charge in [0.15, 0.2) is 0 Å². The molecule has 4 amide bonds. The van der Waals surface area contributed by atoms with E-state index in [-0.39, 0.29) is 30.0 Å². The summed E-state index contributed by atoms with van der Waals surface area (Å²) in [5.41, 5.74) is 3.51. The normalized spacial score (nSPS) is 17.7. The van der Waals surface area contributed by atoms with Crippen LogP contribution < -0.4 is 10.6 Å². The number of anilines is 2. The summed E-state index contributed by atoms with van der Waals surface area (Å²) in [6.45, 7) is 2.65. The largest absolute Gasteiger partial charge is 0.416 e. The van der Waals surface area contributed by atoms with Crippen molar-refractivity contribution in [3.63, 3.8) is 0 Å². The van der Waals surface area contributed by atoms with Crippen LogP contribution >= 0.6 is 0 Å². The van der Waals surface area contributed by atoms with Gasteiger partial charge >= 0.3 is 0 Å². The third-order valence-corrected chi connectivity index (χ3v) is 8.26. The van der Waals surface area contributed by atoms with Gasteiger partial charge < -0.3 is 24.9 Å². The second kappa shape index (κ2) is 13.1. The number of hydrogen-bond acceptors (Lipinski definition) is 7. The number of rotatable bonds is 8. The fourth-order valence-electron chi connectivity index (χ4n) is 5.93. The van der Waals surface area contributed by atoms with Gasteiger partial charge in [0.25, 0.3) is 0 Å². The molecule has 2 N–H and O–H groups in total. The highest BCUT2D eigenvalue weighted by Crippen LogP contribution is 2.27. The van der Waals surface area contributed by atoms with E-state index in [0.29, 0.717) is 60.2 Å². The number of likely N-dealkylation sites (tertiary alicyclic amines) is 2. The highest BCUT2D eigenvalue weighted by Gasteiger charge is 2.34. The Morgan fingerprint density at radius 3 is 1.71 bits per heavy atom. The molecule has 0 bridgehead atoms. The maximum Gasteiger partial charge on any atom is 0.248 e. The molecule has 3 aromatic carbocycles. The van der Waals surface area contributed by atoms with E-state index in [1.807, 2.05) is 30.3 Å². The molecule has 11 nitrogen and oxygen atoms in total. The van der Waals surface area contributed by atoms with Crippen molar-refractivity contribution in [2.45, 2.75) is 51.1 Å². The first-order valence-electron chi connectivity index (χ1n) is 15.1. The Hall–Kier alpha value is -5.32. The van der Waals surface area contributed by atoms with Gasteiger partial charge in [-0.1, -0.05) is 30.3 Å². The van der Waals surface area contributed by atoms with Crippen LogP contribution in [0.2, 0.25) is 0 Å². The number of aromatic nitrogens is 2. The lowest BCUT2D eigenvalue weighted by Gasteiger charge is -2.24. The van der Waals surface area contributed by atoms with Crippen molar-refractivity contribution >= 4 is 35.0 Å². The maximum atomic E-state index is 13.1. The Bertz CT molecular complexity index is 1690. The predicted molar refractivity (Wildman–Crippen MR) is 168 cm³/mol. The quantitative estimate of drug-likeness (QED) is 0.301. The number of nitrogens with one attached hydrogen (secondary N) is 2. The molecule has 2 fully saturated rings. The molecule has 2 atom stereocenters. The summed E-state index contributed by atoms with van der Waals surface area (Å²) >= 11 is 0.